The highest BCUT2D eigenvalue weighted by atomic mass is 16.6. The van der Waals surface area contributed by atoms with Crippen LogP contribution in [-0.4, -0.2) is 42.0 Å². The summed E-state index contributed by atoms with van der Waals surface area (Å²) >= 11 is 0. The van der Waals surface area contributed by atoms with Crippen molar-refractivity contribution in [2.75, 3.05) is 30.8 Å². The molecule has 1 aliphatic carbocycles. The minimum atomic E-state index is 0.175. The lowest BCUT2D eigenvalue weighted by atomic mass is 9.82. The molecule has 1 saturated carbocycles. The predicted octanol–water partition coefficient (Wildman–Crippen LogP) is 4.08. The van der Waals surface area contributed by atoms with Crippen molar-refractivity contribution in [3.63, 3.8) is 0 Å². The lowest BCUT2D eigenvalue weighted by Crippen LogP contribution is -2.37. The van der Waals surface area contributed by atoms with Crippen LogP contribution >= 0.6 is 0 Å². The van der Waals surface area contributed by atoms with Gasteiger partial charge in [-0.25, -0.2) is 9.97 Å². The molecule has 1 aromatic carbocycles. The van der Waals surface area contributed by atoms with Crippen LogP contribution < -0.4 is 15.4 Å². The maximum atomic E-state index is 5.91. The predicted molar refractivity (Wildman–Crippen MR) is 119 cm³/mol. The molecule has 0 amide bonds. The zero-order valence-electron chi connectivity index (χ0n) is 17.9. The van der Waals surface area contributed by atoms with E-state index < -0.39 is 0 Å². The van der Waals surface area contributed by atoms with E-state index in [9.17, 15) is 0 Å². The van der Waals surface area contributed by atoms with Crippen LogP contribution in [0.2, 0.25) is 0 Å². The molecule has 0 radical (unpaired) electrons. The Balaban J connectivity index is 1.25. The van der Waals surface area contributed by atoms with Gasteiger partial charge >= 0.3 is 0 Å². The highest BCUT2D eigenvalue weighted by molar-refractivity contribution is 5.84. The third kappa shape index (κ3) is 4.83. The highest BCUT2D eigenvalue weighted by Gasteiger charge is 2.25. The molecule has 2 aromatic rings. The molecule has 0 unspecified atom stereocenters. The summed E-state index contributed by atoms with van der Waals surface area (Å²) in [6.45, 7) is 3.80. The molecule has 4 rings (SSSR count). The lowest BCUT2D eigenvalue weighted by molar-refractivity contribution is 0.0406. The standard InChI is InChI=1S/C23H31N5O2/c1-16-14-25-23(26-15-16)28-11-9-20(10-12-28)30-27-19-6-3-17(4-7-19)21-8-5-18(24)13-22(21)29-2/h5,8,13-15,17,20H,3-4,6-7,9-12,24H2,1-2H3. The summed E-state index contributed by atoms with van der Waals surface area (Å²) in [5.74, 6) is 2.18. The zero-order chi connectivity index (χ0) is 20.9. The molecular formula is C23H31N5O2. The summed E-state index contributed by atoms with van der Waals surface area (Å²) in [6.07, 6.45) is 9.85. The van der Waals surface area contributed by atoms with Crippen LogP contribution in [0.1, 0.15) is 55.6 Å². The molecule has 2 heterocycles. The summed E-state index contributed by atoms with van der Waals surface area (Å²) in [4.78, 5) is 17.0. The van der Waals surface area contributed by atoms with Gasteiger partial charge in [0.05, 0.1) is 12.8 Å². The molecule has 7 heteroatoms. The number of anilines is 2. The SMILES string of the molecule is COc1cc(N)ccc1C1CCC(=NOC2CCN(c3ncc(C)cn3)CC2)CC1. The molecule has 1 saturated heterocycles. The third-order valence-electron chi connectivity index (χ3n) is 6.08. The quantitative estimate of drug-likeness (QED) is 0.592. The van der Waals surface area contributed by atoms with E-state index in [2.05, 4.69) is 26.1 Å². The maximum absolute atomic E-state index is 5.91. The Labute approximate surface area is 178 Å². The van der Waals surface area contributed by atoms with Gasteiger partial charge in [0.15, 0.2) is 0 Å². The Hall–Kier alpha value is -2.83. The van der Waals surface area contributed by atoms with Crippen molar-refractivity contribution >= 4 is 17.3 Å². The van der Waals surface area contributed by atoms with E-state index in [1.54, 1.807) is 7.11 Å². The Bertz CT molecular complexity index is 866. The number of aryl methyl sites for hydroxylation is 1. The van der Waals surface area contributed by atoms with Crippen LogP contribution in [0.25, 0.3) is 0 Å². The fraction of sp³-hybridized carbons (Fsp3) is 0.522. The van der Waals surface area contributed by atoms with Gasteiger partial charge in [0.1, 0.15) is 11.9 Å². The van der Waals surface area contributed by atoms with Gasteiger partial charge in [-0.2, -0.15) is 0 Å². The molecule has 1 aromatic heterocycles. The number of nitrogens with zero attached hydrogens (tertiary/aromatic N) is 4. The number of aromatic nitrogens is 2. The minimum Gasteiger partial charge on any atom is -0.496 e. The average molecular weight is 410 g/mol. The molecule has 160 valence electrons. The number of benzene rings is 1. The second-order valence-corrected chi connectivity index (χ2v) is 8.29. The molecule has 2 N–H and O–H groups in total. The van der Waals surface area contributed by atoms with Crippen molar-refractivity contribution < 1.29 is 9.57 Å². The van der Waals surface area contributed by atoms with E-state index in [1.165, 1.54) is 11.3 Å². The fourth-order valence-corrected chi connectivity index (χ4v) is 4.28. The van der Waals surface area contributed by atoms with E-state index >= 15 is 0 Å². The smallest absolute Gasteiger partial charge is 0.225 e. The van der Waals surface area contributed by atoms with Gasteiger partial charge in [0.2, 0.25) is 5.95 Å². The van der Waals surface area contributed by atoms with Crippen LogP contribution in [0.15, 0.2) is 35.7 Å². The van der Waals surface area contributed by atoms with Crippen LogP contribution in [0.5, 0.6) is 5.75 Å². The van der Waals surface area contributed by atoms with Gasteiger partial charge < -0.3 is 20.2 Å². The number of hydrogen-bond donors (Lipinski definition) is 1. The van der Waals surface area contributed by atoms with Crippen molar-refractivity contribution in [3.8, 4) is 5.75 Å². The van der Waals surface area contributed by atoms with E-state index in [0.29, 0.717) is 5.92 Å². The van der Waals surface area contributed by atoms with Gasteiger partial charge in [0.25, 0.3) is 0 Å². The van der Waals surface area contributed by atoms with Crippen molar-refractivity contribution in [3.05, 3.63) is 41.7 Å². The van der Waals surface area contributed by atoms with Gasteiger partial charge in [-0.1, -0.05) is 11.2 Å². The molecular weight excluding hydrogens is 378 g/mol. The van der Waals surface area contributed by atoms with Crippen molar-refractivity contribution in [1.29, 1.82) is 0 Å². The first-order chi connectivity index (χ1) is 14.6. The third-order valence-corrected chi connectivity index (χ3v) is 6.08. The molecule has 30 heavy (non-hydrogen) atoms. The molecule has 0 spiro atoms. The molecule has 0 atom stereocenters. The molecule has 1 aliphatic heterocycles. The Morgan fingerprint density at radius 3 is 2.43 bits per heavy atom. The summed E-state index contributed by atoms with van der Waals surface area (Å²) in [5, 5.41) is 4.52. The second-order valence-electron chi connectivity index (χ2n) is 8.29. The summed E-state index contributed by atoms with van der Waals surface area (Å²) in [6, 6.07) is 5.97. The molecule has 2 aliphatic rings. The monoisotopic (exact) mass is 409 g/mol. The number of nitrogens with two attached hydrogens (primary N) is 1. The van der Waals surface area contributed by atoms with Crippen molar-refractivity contribution in [2.45, 2.75) is 57.5 Å². The van der Waals surface area contributed by atoms with Crippen LogP contribution in [-0.2, 0) is 4.84 Å². The Morgan fingerprint density at radius 2 is 1.77 bits per heavy atom. The number of nitrogen functional groups attached to an aromatic ring is 1. The molecule has 7 nitrogen and oxygen atoms in total. The van der Waals surface area contributed by atoms with Gasteiger partial charge in [-0.15, -0.1) is 0 Å². The second kappa shape index (κ2) is 9.32. The van der Waals surface area contributed by atoms with E-state index in [4.69, 9.17) is 15.3 Å². The van der Waals surface area contributed by atoms with Gasteiger partial charge in [0, 0.05) is 50.1 Å². The van der Waals surface area contributed by atoms with E-state index in [0.717, 1.165) is 74.6 Å². The first-order valence-electron chi connectivity index (χ1n) is 10.8. The number of piperidine rings is 1. The Morgan fingerprint density at radius 1 is 1.07 bits per heavy atom. The molecule has 0 bridgehead atoms. The van der Waals surface area contributed by atoms with Crippen LogP contribution in [0, 0.1) is 6.92 Å². The summed E-state index contributed by atoms with van der Waals surface area (Å²) in [7, 11) is 1.71. The maximum Gasteiger partial charge on any atom is 0.225 e. The Kier molecular flexibility index (Phi) is 6.35. The van der Waals surface area contributed by atoms with E-state index in [-0.39, 0.29) is 6.10 Å². The topological polar surface area (TPSA) is 85.9 Å². The van der Waals surface area contributed by atoms with E-state index in [1.807, 2.05) is 31.5 Å². The van der Waals surface area contributed by atoms with Crippen molar-refractivity contribution in [1.82, 2.24) is 9.97 Å². The van der Waals surface area contributed by atoms with Crippen LogP contribution in [0.3, 0.4) is 0 Å². The minimum absolute atomic E-state index is 0.175. The number of rotatable bonds is 5. The first kappa shape index (κ1) is 20.4. The number of oxime groups is 1. The largest absolute Gasteiger partial charge is 0.496 e. The zero-order valence-corrected chi connectivity index (χ0v) is 17.9. The number of hydrogen-bond acceptors (Lipinski definition) is 7. The summed E-state index contributed by atoms with van der Waals surface area (Å²) < 4.78 is 5.53. The number of ether oxygens (including phenoxy) is 1. The molecule has 2 fully saturated rings. The highest BCUT2D eigenvalue weighted by Crippen LogP contribution is 2.37. The van der Waals surface area contributed by atoms with Crippen molar-refractivity contribution in [2.24, 2.45) is 5.16 Å². The summed E-state index contributed by atoms with van der Waals surface area (Å²) in [5.41, 5.74) is 10.1. The van der Waals surface area contributed by atoms with Crippen LogP contribution in [0.4, 0.5) is 11.6 Å². The number of methoxy groups -OCH3 is 1. The fourth-order valence-electron chi connectivity index (χ4n) is 4.28. The van der Waals surface area contributed by atoms with Gasteiger partial charge in [-0.05, 0) is 55.7 Å². The average Bonchev–Trinajstić information content (AvgIpc) is 2.79. The lowest BCUT2D eigenvalue weighted by Gasteiger charge is -2.31. The van der Waals surface area contributed by atoms with Gasteiger partial charge in [-0.3, -0.25) is 0 Å². The first-order valence-corrected chi connectivity index (χ1v) is 10.8. The normalized spacial score (nSPS) is 20.1.